The second-order valence-corrected chi connectivity index (χ2v) is 32.3. The van der Waals surface area contributed by atoms with Crippen LogP contribution in [0, 0.1) is 0 Å². The number of phosphoric acid groups is 2. The molecule has 12 aromatic rings. The molecule has 8 nitrogen and oxygen atoms in total. The SMILES string of the molecule is O=P1([O-])Oc2c(-c3ccc(-c4ccc(C(F)(F)F)cc4)cc3)cc3c(c2-c2c4c(cc(-c5ccc(-c6ccc(C(F)(F)F)cc6)cc5)c2O1)CCCC4)CCCC3.O=P1([O-])Oc2c(-c3ccc(-c4ccc(C(F)(F)F)cc4)cc3)cc3c(c2-c2c4c(cc(-c5ccc(-c6ccc(C(F)(F)F)cc6)cc5)c2O1)CCCC4)CCCC3.[Zn+2]. The number of alkyl halides is 12. The number of rotatable bonds is 8. The molecule has 580 valence electrons. The Bertz CT molecular complexity index is 5140. The van der Waals surface area contributed by atoms with Crippen LogP contribution in [0.4, 0.5) is 52.7 Å². The van der Waals surface area contributed by atoms with Gasteiger partial charge in [-0.15, -0.1) is 0 Å². The summed E-state index contributed by atoms with van der Waals surface area (Å²) in [5.74, 6) is 0.769. The van der Waals surface area contributed by atoms with Crippen molar-refractivity contribution in [3.63, 3.8) is 0 Å². The third-order valence-electron chi connectivity index (χ3n) is 22.7. The topological polar surface area (TPSA) is 117 Å². The molecule has 0 atom stereocenters. The van der Waals surface area contributed by atoms with E-state index >= 15 is 0 Å². The number of hydrogen-bond donors (Lipinski definition) is 0. The second kappa shape index (κ2) is 30.6. The molecule has 0 spiro atoms. The molecule has 12 aromatic carbocycles. The van der Waals surface area contributed by atoms with Crippen LogP contribution in [0.25, 0.3) is 111 Å². The second-order valence-electron chi connectivity index (χ2n) is 29.8. The molecule has 2 heterocycles. The van der Waals surface area contributed by atoms with Gasteiger partial charge in [-0.2, -0.15) is 52.7 Å². The fourth-order valence-corrected chi connectivity index (χ4v) is 18.8. The van der Waals surface area contributed by atoms with Gasteiger partial charge in [0.05, 0.1) is 22.3 Å². The van der Waals surface area contributed by atoms with Crippen molar-refractivity contribution >= 4 is 15.6 Å². The summed E-state index contributed by atoms with van der Waals surface area (Å²) in [6, 6.07) is 56.8. The molecule has 0 bridgehead atoms. The molecule has 0 radical (unpaired) electrons. The first-order valence-corrected chi connectivity index (χ1v) is 40.7. The first-order valence-electron chi connectivity index (χ1n) is 37.8. The number of aryl methyl sites for hydroxylation is 4. The Labute approximate surface area is 667 Å². The smallest absolute Gasteiger partial charge is 0.736 e. The van der Waals surface area contributed by atoms with Gasteiger partial charge in [0.15, 0.2) is 0 Å². The Kier molecular flexibility index (Phi) is 21.0. The van der Waals surface area contributed by atoms with E-state index in [9.17, 15) is 71.6 Å². The molecule has 115 heavy (non-hydrogen) atoms. The van der Waals surface area contributed by atoms with Crippen LogP contribution in [0.3, 0.4) is 0 Å². The Hall–Kier alpha value is -10.00. The molecule has 0 aromatic heterocycles. The minimum atomic E-state index is -5.05. The van der Waals surface area contributed by atoms with E-state index in [1.165, 1.54) is 48.5 Å². The van der Waals surface area contributed by atoms with E-state index in [1.807, 2.05) is 72.8 Å². The van der Waals surface area contributed by atoms with Crippen molar-refractivity contribution in [2.75, 3.05) is 0 Å². The van der Waals surface area contributed by atoms with E-state index in [-0.39, 0.29) is 42.5 Å². The van der Waals surface area contributed by atoms with Crippen LogP contribution in [0.1, 0.15) is 118 Å². The van der Waals surface area contributed by atoms with Gasteiger partial charge >= 0.3 is 59.8 Å². The van der Waals surface area contributed by atoms with Crippen LogP contribution in [-0.4, -0.2) is 0 Å². The molecule has 0 N–H and O–H groups in total. The Morgan fingerprint density at radius 1 is 0.235 bits per heavy atom. The maximum atomic E-state index is 14.0. The third kappa shape index (κ3) is 15.8. The van der Waals surface area contributed by atoms with Crippen molar-refractivity contribution in [3.05, 3.63) is 285 Å². The molecule has 0 unspecified atom stereocenters. The van der Waals surface area contributed by atoms with Crippen molar-refractivity contribution < 1.29 is 109 Å². The van der Waals surface area contributed by atoms with Gasteiger partial charge in [0.2, 0.25) is 0 Å². The number of phosphoric ester groups is 2. The van der Waals surface area contributed by atoms with Crippen LogP contribution in [0.2, 0.25) is 0 Å². The number of hydrogen-bond acceptors (Lipinski definition) is 8. The third-order valence-corrected chi connectivity index (χ3v) is 24.3. The van der Waals surface area contributed by atoms with E-state index < -0.39 is 62.6 Å². The van der Waals surface area contributed by atoms with E-state index in [0.717, 1.165) is 196 Å². The van der Waals surface area contributed by atoms with Crippen LogP contribution in [-0.2, 0) is 105 Å². The largest absolute Gasteiger partial charge is 2.00 e. The van der Waals surface area contributed by atoms with Gasteiger partial charge in [0.25, 0.3) is 0 Å². The van der Waals surface area contributed by atoms with Crippen molar-refractivity contribution in [2.45, 2.75) is 127 Å². The summed E-state index contributed by atoms with van der Waals surface area (Å²) < 4.78 is 211. The average molecular weight is 1660 g/mol. The average Bonchev–Trinajstić information content (AvgIpc) is 1.70. The van der Waals surface area contributed by atoms with Gasteiger partial charge in [-0.25, -0.2) is 9.13 Å². The quantitative estimate of drug-likeness (QED) is 0.0839. The van der Waals surface area contributed by atoms with Gasteiger partial charge in [0.1, 0.15) is 23.0 Å². The zero-order chi connectivity index (χ0) is 79.4. The van der Waals surface area contributed by atoms with E-state index in [2.05, 4.69) is 0 Å². The Morgan fingerprint density at radius 2 is 0.383 bits per heavy atom. The number of halogens is 12. The number of fused-ring (bicyclic) bond motifs is 14. The monoisotopic (exact) mass is 1650 g/mol. The van der Waals surface area contributed by atoms with Crippen molar-refractivity contribution in [2.24, 2.45) is 0 Å². The molecule has 0 amide bonds. The van der Waals surface area contributed by atoms with Crippen LogP contribution >= 0.6 is 15.6 Å². The fourth-order valence-electron chi connectivity index (χ4n) is 17.1. The summed E-state index contributed by atoms with van der Waals surface area (Å²) in [6.07, 6.45) is -4.23. The van der Waals surface area contributed by atoms with Gasteiger partial charge < -0.3 is 27.9 Å². The van der Waals surface area contributed by atoms with Crippen LogP contribution < -0.4 is 27.9 Å². The zero-order valence-corrected chi connectivity index (χ0v) is 66.3. The first kappa shape index (κ1) is 78.9. The van der Waals surface area contributed by atoms with E-state index in [4.69, 9.17) is 18.1 Å². The van der Waals surface area contributed by atoms with Gasteiger partial charge in [-0.05, 0) is 287 Å². The van der Waals surface area contributed by atoms with Crippen LogP contribution in [0.15, 0.2) is 218 Å². The molecule has 0 saturated heterocycles. The maximum absolute atomic E-state index is 14.0. The molecular formula is C92H68F12O8P2Zn. The number of benzene rings is 12. The maximum Gasteiger partial charge on any atom is 2.00 e. The molecule has 2 aliphatic heterocycles. The summed E-state index contributed by atoms with van der Waals surface area (Å²) in [5, 5.41) is 0. The minimum absolute atomic E-state index is 0. The fraction of sp³-hybridized carbons (Fsp3) is 0.217. The summed E-state index contributed by atoms with van der Waals surface area (Å²) in [4.78, 5) is 28.0. The van der Waals surface area contributed by atoms with Gasteiger partial charge in [-0.3, -0.25) is 0 Å². The molecule has 18 rings (SSSR count). The summed E-state index contributed by atoms with van der Waals surface area (Å²) in [5.41, 5.74) is 18.6. The zero-order valence-electron chi connectivity index (χ0n) is 61.5. The van der Waals surface area contributed by atoms with Crippen molar-refractivity contribution in [3.8, 4) is 134 Å². The van der Waals surface area contributed by atoms with E-state index in [0.29, 0.717) is 111 Å². The van der Waals surface area contributed by atoms with Crippen LogP contribution in [0.5, 0.6) is 23.0 Å². The Balaban J connectivity index is 0.000000171. The van der Waals surface area contributed by atoms with Crippen molar-refractivity contribution in [1.82, 2.24) is 0 Å². The van der Waals surface area contributed by atoms with Crippen molar-refractivity contribution in [1.29, 1.82) is 0 Å². The summed E-state index contributed by atoms with van der Waals surface area (Å²) >= 11 is 0. The van der Waals surface area contributed by atoms with Gasteiger partial charge in [-0.1, -0.05) is 146 Å². The predicted octanol–water partition coefficient (Wildman–Crippen LogP) is 26.1. The summed E-state index contributed by atoms with van der Waals surface area (Å²) in [7, 11) is -10.1. The molecule has 6 aliphatic rings. The summed E-state index contributed by atoms with van der Waals surface area (Å²) in [6.45, 7) is 0. The van der Waals surface area contributed by atoms with E-state index in [1.54, 1.807) is 48.5 Å². The Morgan fingerprint density at radius 3 is 0.548 bits per heavy atom. The first-order chi connectivity index (χ1) is 54.5. The standard InChI is InChI=1S/2C46H35F6O4P.Zn/c2*47-45(48,49)35-21-17-29(18-22-35)27-9-13-31(14-10-27)39-25-33-5-1-3-7-37(33)41-42-38-8-4-2-6-34(38)26-40(44(42)56-57(53,54)55-43(39)41)32-15-11-28(12-16-32)30-19-23-36(24-20-30)46(50,51)52;/h2*9-26H,1-8H2,(H,53,54);/q;;+2/p-2. The minimum Gasteiger partial charge on any atom is -0.736 e. The predicted molar refractivity (Wildman–Crippen MR) is 412 cm³/mol. The molecule has 0 fully saturated rings. The van der Waals surface area contributed by atoms with Gasteiger partial charge in [0, 0.05) is 44.5 Å². The molecule has 4 aliphatic carbocycles. The molecular weight excluding hydrogens is 1590 g/mol. The normalized spacial score (nSPS) is 15.8. The molecule has 23 heteroatoms. The molecule has 0 saturated carbocycles.